The highest BCUT2D eigenvalue weighted by molar-refractivity contribution is 7.17. The summed E-state index contributed by atoms with van der Waals surface area (Å²) >= 11 is 1.65. The lowest BCUT2D eigenvalue weighted by molar-refractivity contribution is -0.121. The average Bonchev–Trinajstić information content (AvgIpc) is 3.21. The molecule has 124 valence electrons. The van der Waals surface area contributed by atoms with E-state index in [9.17, 15) is 14.4 Å². The molecule has 1 aliphatic heterocycles. The molecule has 2 heterocycles. The summed E-state index contributed by atoms with van der Waals surface area (Å²) < 4.78 is 1.17. The lowest BCUT2D eigenvalue weighted by Crippen LogP contribution is -2.28. The Kier molecular flexibility index (Phi) is 3.82. The minimum Gasteiger partial charge on any atom is -0.322 e. The molecule has 0 aliphatic carbocycles. The number of carbonyl (C=O) groups is 3. The van der Waals surface area contributed by atoms with Crippen LogP contribution in [0.2, 0.25) is 0 Å². The minimum absolute atomic E-state index is 0.203. The van der Waals surface area contributed by atoms with Crippen LogP contribution in [0.25, 0.3) is 10.1 Å². The second kappa shape index (κ2) is 6.14. The highest BCUT2D eigenvalue weighted by atomic mass is 32.1. The van der Waals surface area contributed by atoms with Gasteiger partial charge in [0.05, 0.1) is 5.69 Å². The molecule has 5 nitrogen and oxygen atoms in total. The molecule has 4 rings (SSSR count). The number of thiophene rings is 1. The Hall–Kier alpha value is -2.99. The maximum Gasteiger partial charge on any atom is 0.255 e. The maximum atomic E-state index is 12.4. The molecule has 3 amide bonds. The van der Waals surface area contributed by atoms with E-state index in [4.69, 9.17) is 0 Å². The van der Waals surface area contributed by atoms with Gasteiger partial charge in [-0.2, -0.15) is 0 Å². The first-order valence-electron chi connectivity index (χ1n) is 7.86. The molecule has 0 spiro atoms. The van der Waals surface area contributed by atoms with Crippen LogP contribution in [0.4, 0.5) is 11.4 Å². The molecule has 1 aliphatic rings. The van der Waals surface area contributed by atoms with Gasteiger partial charge in [0, 0.05) is 28.8 Å². The Morgan fingerprint density at radius 3 is 2.40 bits per heavy atom. The van der Waals surface area contributed by atoms with Crippen LogP contribution in [-0.4, -0.2) is 17.7 Å². The van der Waals surface area contributed by atoms with Gasteiger partial charge in [0.15, 0.2) is 0 Å². The number of nitrogens with zero attached hydrogens (tertiary/aromatic N) is 1. The van der Waals surface area contributed by atoms with Crippen molar-refractivity contribution in [3.8, 4) is 0 Å². The number of anilines is 2. The Balaban J connectivity index is 1.52. The molecule has 0 radical (unpaired) electrons. The van der Waals surface area contributed by atoms with Crippen molar-refractivity contribution in [2.75, 3.05) is 10.2 Å². The van der Waals surface area contributed by atoms with Gasteiger partial charge >= 0.3 is 0 Å². The zero-order chi connectivity index (χ0) is 17.4. The predicted molar refractivity (Wildman–Crippen MR) is 97.9 cm³/mol. The first kappa shape index (κ1) is 15.5. The van der Waals surface area contributed by atoms with Gasteiger partial charge in [-0.1, -0.05) is 0 Å². The highest BCUT2D eigenvalue weighted by Crippen LogP contribution is 2.25. The van der Waals surface area contributed by atoms with Crippen molar-refractivity contribution >= 4 is 50.5 Å². The van der Waals surface area contributed by atoms with Crippen LogP contribution in [0.15, 0.2) is 53.9 Å². The molecule has 0 bridgehead atoms. The van der Waals surface area contributed by atoms with Crippen molar-refractivity contribution in [1.29, 1.82) is 0 Å². The first-order valence-corrected chi connectivity index (χ1v) is 8.74. The third-order valence-electron chi connectivity index (χ3n) is 4.15. The Morgan fingerprint density at radius 1 is 0.960 bits per heavy atom. The summed E-state index contributed by atoms with van der Waals surface area (Å²) in [7, 11) is 0. The van der Waals surface area contributed by atoms with E-state index in [0.717, 1.165) is 11.1 Å². The van der Waals surface area contributed by atoms with Crippen molar-refractivity contribution in [3.05, 3.63) is 59.5 Å². The Labute approximate surface area is 147 Å². The van der Waals surface area contributed by atoms with Gasteiger partial charge < -0.3 is 5.32 Å². The second-order valence-electron chi connectivity index (χ2n) is 5.80. The summed E-state index contributed by atoms with van der Waals surface area (Å²) in [6.45, 7) is 0. The fraction of sp³-hybridized carbons (Fsp3) is 0.105. The average molecular weight is 350 g/mol. The van der Waals surface area contributed by atoms with E-state index in [1.807, 2.05) is 29.6 Å². The van der Waals surface area contributed by atoms with E-state index in [2.05, 4.69) is 5.32 Å². The highest BCUT2D eigenvalue weighted by Gasteiger charge is 2.30. The van der Waals surface area contributed by atoms with E-state index in [1.54, 1.807) is 35.6 Å². The Morgan fingerprint density at radius 2 is 1.68 bits per heavy atom. The normalized spacial score (nSPS) is 14.3. The Bertz CT molecular complexity index is 975. The first-order chi connectivity index (χ1) is 12.1. The number of hydrogen-bond acceptors (Lipinski definition) is 4. The van der Waals surface area contributed by atoms with E-state index in [1.165, 1.54) is 9.60 Å². The quantitative estimate of drug-likeness (QED) is 0.731. The molecule has 1 N–H and O–H groups in total. The number of imide groups is 1. The van der Waals surface area contributed by atoms with Gasteiger partial charge in [0.25, 0.3) is 5.91 Å². The number of carbonyl (C=O) groups excluding carboxylic acids is 3. The van der Waals surface area contributed by atoms with Gasteiger partial charge in [-0.15, -0.1) is 11.3 Å². The zero-order valence-electron chi connectivity index (χ0n) is 13.2. The van der Waals surface area contributed by atoms with Gasteiger partial charge in [0.2, 0.25) is 11.8 Å². The van der Waals surface area contributed by atoms with Crippen LogP contribution in [0, 0.1) is 0 Å². The van der Waals surface area contributed by atoms with Gasteiger partial charge in [-0.3, -0.25) is 19.3 Å². The number of hydrogen-bond donors (Lipinski definition) is 1. The fourth-order valence-electron chi connectivity index (χ4n) is 2.87. The molecule has 1 saturated heterocycles. The molecule has 0 atom stereocenters. The molecule has 6 heteroatoms. The largest absolute Gasteiger partial charge is 0.322 e. The SMILES string of the molecule is O=C(Nc1ccc2sccc2c1)c1ccc(N2C(=O)CCC2=O)cc1. The van der Waals surface area contributed by atoms with Crippen LogP contribution in [0.3, 0.4) is 0 Å². The predicted octanol–water partition coefficient (Wildman–Crippen LogP) is 3.81. The topological polar surface area (TPSA) is 66.5 Å². The lowest BCUT2D eigenvalue weighted by atomic mass is 10.1. The molecular formula is C19H14N2O3S. The van der Waals surface area contributed by atoms with Crippen molar-refractivity contribution in [2.24, 2.45) is 0 Å². The van der Waals surface area contributed by atoms with E-state index < -0.39 is 0 Å². The molecule has 2 aromatic carbocycles. The second-order valence-corrected chi connectivity index (χ2v) is 6.74. The molecular weight excluding hydrogens is 336 g/mol. The number of nitrogens with one attached hydrogen (secondary N) is 1. The number of amides is 3. The molecule has 3 aromatic rings. The van der Waals surface area contributed by atoms with E-state index in [-0.39, 0.29) is 30.6 Å². The summed E-state index contributed by atoms with van der Waals surface area (Å²) in [4.78, 5) is 37.1. The molecule has 0 unspecified atom stereocenters. The van der Waals surface area contributed by atoms with Crippen molar-refractivity contribution < 1.29 is 14.4 Å². The maximum absolute atomic E-state index is 12.4. The van der Waals surface area contributed by atoms with Crippen LogP contribution < -0.4 is 10.2 Å². The van der Waals surface area contributed by atoms with Gasteiger partial charge in [-0.25, -0.2) is 0 Å². The summed E-state index contributed by atoms with van der Waals surface area (Å²) in [5, 5.41) is 5.96. The van der Waals surface area contributed by atoms with E-state index in [0.29, 0.717) is 11.3 Å². The van der Waals surface area contributed by atoms with Crippen LogP contribution in [0.5, 0.6) is 0 Å². The van der Waals surface area contributed by atoms with Crippen LogP contribution in [0.1, 0.15) is 23.2 Å². The third-order valence-corrected chi connectivity index (χ3v) is 5.05. The molecule has 0 saturated carbocycles. The van der Waals surface area contributed by atoms with E-state index >= 15 is 0 Å². The summed E-state index contributed by atoms with van der Waals surface area (Å²) in [5.41, 5.74) is 1.70. The minimum atomic E-state index is -0.236. The van der Waals surface area contributed by atoms with Gasteiger partial charge in [-0.05, 0) is 59.3 Å². The third kappa shape index (κ3) is 2.92. The summed E-state index contributed by atoms with van der Waals surface area (Å²) in [6.07, 6.45) is 0.484. The fourth-order valence-corrected chi connectivity index (χ4v) is 3.65. The van der Waals surface area contributed by atoms with Crippen molar-refractivity contribution in [3.63, 3.8) is 0 Å². The number of rotatable bonds is 3. The number of benzene rings is 2. The smallest absolute Gasteiger partial charge is 0.255 e. The standard InChI is InChI=1S/C19H14N2O3S/c22-17-7-8-18(23)21(17)15-4-1-12(2-5-15)19(24)20-14-3-6-16-13(11-14)9-10-25-16/h1-6,9-11H,7-8H2,(H,20,24). The molecule has 25 heavy (non-hydrogen) atoms. The van der Waals surface area contributed by atoms with Gasteiger partial charge in [0.1, 0.15) is 0 Å². The molecule has 1 aromatic heterocycles. The summed E-state index contributed by atoms with van der Waals surface area (Å²) in [5.74, 6) is -0.641. The van der Waals surface area contributed by atoms with Crippen molar-refractivity contribution in [1.82, 2.24) is 0 Å². The van der Waals surface area contributed by atoms with Crippen LogP contribution in [-0.2, 0) is 9.59 Å². The monoisotopic (exact) mass is 350 g/mol. The number of fused-ring (bicyclic) bond motifs is 1. The van der Waals surface area contributed by atoms with Crippen LogP contribution >= 0.6 is 11.3 Å². The lowest BCUT2D eigenvalue weighted by Gasteiger charge is -2.14. The van der Waals surface area contributed by atoms with Crippen molar-refractivity contribution in [2.45, 2.75) is 12.8 Å². The zero-order valence-corrected chi connectivity index (χ0v) is 14.0. The molecule has 1 fully saturated rings. The summed E-state index contributed by atoms with van der Waals surface area (Å²) in [6, 6.07) is 14.3.